The van der Waals surface area contributed by atoms with E-state index in [1.54, 1.807) is 0 Å². The minimum atomic E-state index is -1.77. The van der Waals surface area contributed by atoms with Crippen LogP contribution in [0.15, 0.2) is 24.3 Å². The number of unbranched alkanes of at least 4 members (excludes halogenated alkanes) is 22. The van der Waals surface area contributed by atoms with Gasteiger partial charge in [0, 0.05) is 12.8 Å². The van der Waals surface area contributed by atoms with Gasteiger partial charge in [-0.25, -0.2) is 0 Å². The molecule has 15 heteroatoms. The maximum Gasteiger partial charge on any atom is 0.306 e. The van der Waals surface area contributed by atoms with Crippen molar-refractivity contribution >= 4 is 11.9 Å². The highest BCUT2D eigenvalue weighted by atomic mass is 16.7. The van der Waals surface area contributed by atoms with Gasteiger partial charge in [-0.3, -0.25) is 9.59 Å². The maximum absolute atomic E-state index is 13.0. The first-order chi connectivity index (χ1) is 32.0. The number of hydrogen-bond donors (Lipinski definition) is 7. The van der Waals surface area contributed by atoms with Crippen molar-refractivity contribution in [1.82, 2.24) is 0 Å². The molecule has 2 rings (SSSR count). The van der Waals surface area contributed by atoms with Crippen LogP contribution in [0.5, 0.6) is 0 Å². The second-order valence-electron chi connectivity index (χ2n) is 18.3. The molecule has 0 saturated carbocycles. The molecule has 11 atom stereocenters. The number of ether oxygens (including phenoxy) is 6. The van der Waals surface area contributed by atoms with Gasteiger partial charge in [-0.15, -0.1) is 0 Å². The number of esters is 2. The van der Waals surface area contributed by atoms with Crippen molar-refractivity contribution in [3.05, 3.63) is 24.3 Å². The topological polar surface area (TPSA) is 231 Å². The van der Waals surface area contributed by atoms with Crippen LogP contribution in [0.1, 0.15) is 194 Å². The Morgan fingerprint density at radius 1 is 0.470 bits per heavy atom. The Morgan fingerprint density at radius 3 is 1.36 bits per heavy atom. The zero-order chi connectivity index (χ0) is 48.2. The average Bonchev–Trinajstić information content (AvgIpc) is 3.31. The van der Waals surface area contributed by atoms with Crippen molar-refractivity contribution in [3.63, 3.8) is 0 Å². The highest BCUT2D eigenvalue weighted by molar-refractivity contribution is 5.70. The summed E-state index contributed by atoms with van der Waals surface area (Å²) < 4.78 is 33.5. The Labute approximate surface area is 396 Å². The SMILES string of the molecule is CCCCCCCCCC/C=C/CCCCCC(=O)O[C@H](COC(=O)CCCC/C=C/CCCCCCCCCCC)CO[C@@H]1O[C@H](CO[C@@H]2O[C@H](CO)[C@H](O)C(O)C2O)[C@H](O)C(O)C1O. The molecule has 0 radical (unpaired) electrons. The van der Waals surface area contributed by atoms with Gasteiger partial charge in [-0.2, -0.15) is 0 Å². The normalized spacial score (nSPS) is 26.3. The fraction of sp³-hybridized carbons (Fsp3) is 0.882. The summed E-state index contributed by atoms with van der Waals surface area (Å²) in [6.07, 6.45) is 22.1. The van der Waals surface area contributed by atoms with E-state index in [1.807, 2.05) is 0 Å². The second kappa shape index (κ2) is 38.8. The highest BCUT2D eigenvalue weighted by Gasteiger charge is 2.47. The van der Waals surface area contributed by atoms with E-state index in [1.165, 1.54) is 109 Å². The third-order valence-electron chi connectivity index (χ3n) is 12.4. The van der Waals surface area contributed by atoms with Gasteiger partial charge in [0.05, 0.1) is 19.8 Å². The number of aliphatic hydroxyl groups is 7. The molecule has 66 heavy (non-hydrogen) atoms. The number of rotatable bonds is 40. The van der Waals surface area contributed by atoms with E-state index in [0.717, 1.165) is 44.9 Å². The van der Waals surface area contributed by atoms with Gasteiger partial charge in [0.1, 0.15) is 55.4 Å². The van der Waals surface area contributed by atoms with E-state index in [0.29, 0.717) is 12.8 Å². The summed E-state index contributed by atoms with van der Waals surface area (Å²) in [4.78, 5) is 25.7. The smallest absolute Gasteiger partial charge is 0.306 e. The lowest BCUT2D eigenvalue weighted by atomic mass is 9.98. The molecule has 2 aliphatic heterocycles. The van der Waals surface area contributed by atoms with E-state index < -0.39 is 99.3 Å². The average molecular weight is 945 g/mol. The fourth-order valence-corrected chi connectivity index (χ4v) is 8.09. The van der Waals surface area contributed by atoms with E-state index in [4.69, 9.17) is 28.4 Å². The molecular formula is C51H92O15. The van der Waals surface area contributed by atoms with Gasteiger partial charge in [0.25, 0.3) is 0 Å². The molecule has 2 heterocycles. The standard InChI is InChI=1S/C51H92O15/c1-3-5-7-9-11-13-15-17-19-21-23-25-27-29-31-33-42(53)61-36-39(64-43(54)34-32-30-28-26-24-22-20-18-16-14-12-10-8-6-4-2)37-62-50-49(60)47(58)45(56)41(66-50)38-63-51-48(59)46(57)44(55)40(35-52)65-51/h22-25,39-41,44-52,55-60H,3-21,26-38H2,1-2H3/b24-22+,25-23+/t39-,40-,41-,44+,45+,46?,47?,48?,49?,50-,51-/m1/s1. The fourth-order valence-electron chi connectivity index (χ4n) is 8.09. The third-order valence-corrected chi connectivity index (χ3v) is 12.4. The van der Waals surface area contributed by atoms with Crippen LogP contribution >= 0.6 is 0 Å². The molecule has 0 aromatic rings. The van der Waals surface area contributed by atoms with Gasteiger partial charge >= 0.3 is 11.9 Å². The van der Waals surface area contributed by atoms with Crippen LogP contribution in [0.4, 0.5) is 0 Å². The quantitative estimate of drug-likeness (QED) is 0.0184. The van der Waals surface area contributed by atoms with Crippen molar-refractivity contribution in [3.8, 4) is 0 Å². The Morgan fingerprint density at radius 2 is 0.864 bits per heavy atom. The molecular weight excluding hydrogens is 853 g/mol. The van der Waals surface area contributed by atoms with E-state index in [2.05, 4.69) is 38.2 Å². The summed E-state index contributed by atoms with van der Waals surface area (Å²) in [7, 11) is 0. The molecule has 7 N–H and O–H groups in total. The lowest BCUT2D eigenvalue weighted by Gasteiger charge is -2.42. The van der Waals surface area contributed by atoms with Gasteiger partial charge in [0.2, 0.25) is 0 Å². The Balaban J connectivity index is 1.83. The minimum absolute atomic E-state index is 0.143. The molecule has 0 bridgehead atoms. The minimum Gasteiger partial charge on any atom is -0.462 e. The summed E-state index contributed by atoms with van der Waals surface area (Å²) in [6.45, 7) is 2.56. The predicted octanol–water partition coefficient (Wildman–Crippen LogP) is 7.16. The predicted molar refractivity (Wildman–Crippen MR) is 252 cm³/mol. The van der Waals surface area contributed by atoms with E-state index in [-0.39, 0.29) is 19.4 Å². The molecule has 2 saturated heterocycles. The second-order valence-corrected chi connectivity index (χ2v) is 18.3. The summed E-state index contributed by atoms with van der Waals surface area (Å²) >= 11 is 0. The van der Waals surface area contributed by atoms with Crippen LogP contribution in [0.25, 0.3) is 0 Å². The first kappa shape index (κ1) is 60.1. The van der Waals surface area contributed by atoms with Crippen molar-refractivity contribution in [2.24, 2.45) is 0 Å². The first-order valence-corrected chi connectivity index (χ1v) is 25.9. The zero-order valence-corrected chi connectivity index (χ0v) is 40.7. The maximum atomic E-state index is 13.0. The number of carbonyl (C=O) groups excluding carboxylic acids is 2. The first-order valence-electron chi connectivity index (χ1n) is 25.9. The molecule has 386 valence electrons. The summed E-state index contributed by atoms with van der Waals surface area (Å²) in [5.74, 6) is -0.964. The van der Waals surface area contributed by atoms with Crippen LogP contribution in [0.3, 0.4) is 0 Å². The lowest BCUT2D eigenvalue weighted by Crippen LogP contribution is -2.61. The number of allylic oxidation sites excluding steroid dienone is 4. The van der Waals surface area contributed by atoms with Crippen LogP contribution < -0.4 is 0 Å². The van der Waals surface area contributed by atoms with E-state index in [9.17, 15) is 45.3 Å². The monoisotopic (exact) mass is 945 g/mol. The molecule has 0 spiro atoms. The van der Waals surface area contributed by atoms with Crippen molar-refractivity contribution in [2.45, 2.75) is 261 Å². The van der Waals surface area contributed by atoms with Crippen LogP contribution in [-0.2, 0) is 38.0 Å². The summed E-state index contributed by atoms with van der Waals surface area (Å²) in [5.41, 5.74) is 0. The largest absolute Gasteiger partial charge is 0.462 e. The van der Waals surface area contributed by atoms with E-state index >= 15 is 0 Å². The lowest BCUT2D eigenvalue weighted by molar-refractivity contribution is -0.332. The molecule has 2 aliphatic rings. The van der Waals surface area contributed by atoms with Gasteiger partial charge < -0.3 is 64.2 Å². The van der Waals surface area contributed by atoms with Crippen molar-refractivity contribution in [2.75, 3.05) is 26.4 Å². The number of aliphatic hydroxyl groups excluding tert-OH is 7. The van der Waals surface area contributed by atoms with Crippen LogP contribution in [0.2, 0.25) is 0 Å². The molecule has 0 aromatic heterocycles. The summed E-state index contributed by atoms with van der Waals surface area (Å²) in [6, 6.07) is 0. The molecule has 0 aromatic carbocycles. The van der Waals surface area contributed by atoms with Crippen molar-refractivity contribution in [1.29, 1.82) is 0 Å². The highest BCUT2D eigenvalue weighted by Crippen LogP contribution is 2.26. The Hall–Kier alpha value is -2.02. The Kier molecular flexibility index (Phi) is 35.3. The zero-order valence-electron chi connectivity index (χ0n) is 40.7. The molecule has 0 amide bonds. The van der Waals surface area contributed by atoms with Crippen LogP contribution in [0, 0.1) is 0 Å². The molecule has 0 aliphatic carbocycles. The molecule has 2 fully saturated rings. The van der Waals surface area contributed by atoms with Gasteiger partial charge in [-0.05, 0) is 64.2 Å². The van der Waals surface area contributed by atoms with Gasteiger partial charge in [0.15, 0.2) is 18.7 Å². The third kappa shape index (κ3) is 26.7. The van der Waals surface area contributed by atoms with Crippen molar-refractivity contribution < 1.29 is 73.8 Å². The molecule has 4 unspecified atom stereocenters. The molecule has 15 nitrogen and oxygen atoms in total. The number of carbonyl (C=O) groups is 2. The Bertz CT molecular complexity index is 1250. The number of hydrogen-bond acceptors (Lipinski definition) is 15. The van der Waals surface area contributed by atoms with Gasteiger partial charge in [-0.1, -0.05) is 141 Å². The van der Waals surface area contributed by atoms with Crippen LogP contribution in [-0.4, -0.2) is 142 Å². The summed E-state index contributed by atoms with van der Waals surface area (Å²) in [5, 5.41) is 72.0.